The van der Waals surface area contributed by atoms with Crippen LogP contribution in [0.15, 0.2) is 36.4 Å². The van der Waals surface area contributed by atoms with Gasteiger partial charge in [0.05, 0.1) is 27.9 Å². The van der Waals surface area contributed by atoms with Crippen molar-refractivity contribution in [3.05, 3.63) is 52.8 Å². The molecule has 8 heteroatoms. The number of hydrogen-bond acceptors (Lipinski definition) is 5. The van der Waals surface area contributed by atoms with Gasteiger partial charge in [-0.1, -0.05) is 41.1 Å². The molecule has 1 aromatic heterocycles. The van der Waals surface area contributed by atoms with Gasteiger partial charge in [-0.3, -0.25) is 9.69 Å². The minimum atomic E-state index is -0.506. The van der Waals surface area contributed by atoms with Gasteiger partial charge in [0, 0.05) is 6.61 Å². The summed E-state index contributed by atoms with van der Waals surface area (Å²) in [6.45, 7) is 2.71. The molecule has 0 aliphatic carbocycles. The first-order valence-electron chi connectivity index (χ1n) is 9.38. The maximum Gasteiger partial charge on any atom is 0.266 e. The molecule has 1 unspecified atom stereocenters. The molecule has 0 radical (unpaired) electrons. The lowest BCUT2D eigenvalue weighted by molar-refractivity contribution is -0.121. The molecule has 1 saturated heterocycles. The molecule has 2 aromatic carbocycles. The molecule has 2 heterocycles. The first-order chi connectivity index (χ1) is 14.0. The monoisotopic (exact) mass is 434 g/mol. The predicted molar refractivity (Wildman–Crippen MR) is 113 cm³/mol. The van der Waals surface area contributed by atoms with Crippen molar-refractivity contribution in [2.75, 3.05) is 24.7 Å². The summed E-state index contributed by atoms with van der Waals surface area (Å²) in [4.78, 5) is 19.2. The van der Waals surface area contributed by atoms with Crippen molar-refractivity contribution in [1.82, 2.24) is 4.98 Å². The first kappa shape index (κ1) is 20.1. The Bertz CT molecular complexity index is 997. The number of hydrogen-bond donors (Lipinski definition) is 0. The van der Waals surface area contributed by atoms with Gasteiger partial charge in [-0.2, -0.15) is 0 Å². The Hall–Kier alpha value is -2.22. The Labute approximate surface area is 177 Å². The second-order valence-electron chi connectivity index (χ2n) is 6.90. The molecule has 1 atom stereocenters. The number of rotatable bonds is 6. The highest BCUT2D eigenvalue weighted by Gasteiger charge is 2.27. The summed E-state index contributed by atoms with van der Waals surface area (Å²) in [5.41, 5.74) is 1.76. The number of carbonyl (C=O) groups excluding carboxylic acids is 1. The minimum absolute atomic E-state index is 0.0427. The van der Waals surface area contributed by atoms with Crippen molar-refractivity contribution < 1.29 is 18.7 Å². The highest BCUT2D eigenvalue weighted by molar-refractivity contribution is 7.23. The van der Waals surface area contributed by atoms with Crippen molar-refractivity contribution in [2.45, 2.75) is 25.9 Å². The highest BCUT2D eigenvalue weighted by atomic mass is 35.5. The van der Waals surface area contributed by atoms with Crippen LogP contribution in [0.25, 0.3) is 10.2 Å². The number of fused-ring (bicyclic) bond motifs is 1. The summed E-state index contributed by atoms with van der Waals surface area (Å²) in [6, 6.07) is 9.75. The van der Waals surface area contributed by atoms with Crippen LogP contribution < -0.4 is 9.64 Å². The van der Waals surface area contributed by atoms with Gasteiger partial charge in [-0.15, -0.1) is 0 Å². The number of halogens is 2. The van der Waals surface area contributed by atoms with Crippen molar-refractivity contribution in [3.8, 4) is 5.75 Å². The lowest BCUT2D eigenvalue weighted by atomic mass is 10.2. The number of anilines is 1. The van der Waals surface area contributed by atoms with Gasteiger partial charge in [0.25, 0.3) is 5.91 Å². The van der Waals surface area contributed by atoms with E-state index in [-0.39, 0.29) is 24.4 Å². The Morgan fingerprint density at radius 3 is 2.93 bits per heavy atom. The van der Waals surface area contributed by atoms with E-state index in [4.69, 9.17) is 21.1 Å². The second kappa shape index (κ2) is 8.65. The molecular formula is C21H20ClFN2O3S. The fourth-order valence-electron chi connectivity index (χ4n) is 3.26. The molecule has 0 saturated carbocycles. The van der Waals surface area contributed by atoms with E-state index in [2.05, 4.69) is 4.98 Å². The molecule has 152 valence electrons. The van der Waals surface area contributed by atoms with E-state index in [0.29, 0.717) is 23.3 Å². The van der Waals surface area contributed by atoms with Crippen molar-refractivity contribution in [3.63, 3.8) is 0 Å². The summed E-state index contributed by atoms with van der Waals surface area (Å²) in [6.07, 6.45) is 1.78. The SMILES string of the molecule is Cc1ccc(Cl)c2sc(N(CC3CCCO3)C(=O)COc3ccccc3F)nc12. The number of aromatic nitrogens is 1. The molecule has 0 bridgehead atoms. The summed E-state index contributed by atoms with van der Waals surface area (Å²) < 4.78 is 25.8. The van der Waals surface area contributed by atoms with Crippen LogP contribution in [0.2, 0.25) is 5.02 Å². The average molecular weight is 435 g/mol. The quantitative estimate of drug-likeness (QED) is 0.548. The molecule has 1 aliphatic rings. The molecule has 1 fully saturated rings. The fourth-order valence-corrected chi connectivity index (χ4v) is 4.61. The molecule has 0 N–H and O–H groups in total. The maximum absolute atomic E-state index is 13.8. The van der Waals surface area contributed by atoms with Crippen LogP contribution in [-0.4, -0.2) is 36.8 Å². The molecule has 1 aliphatic heterocycles. The molecular weight excluding hydrogens is 415 g/mol. The van der Waals surface area contributed by atoms with E-state index in [9.17, 15) is 9.18 Å². The summed E-state index contributed by atoms with van der Waals surface area (Å²) in [5.74, 6) is -0.772. The third-order valence-electron chi connectivity index (χ3n) is 4.82. The largest absolute Gasteiger partial charge is 0.481 e. The summed E-state index contributed by atoms with van der Waals surface area (Å²) in [7, 11) is 0. The van der Waals surface area contributed by atoms with Crippen LogP contribution in [0.5, 0.6) is 5.75 Å². The lowest BCUT2D eigenvalue weighted by Gasteiger charge is -2.23. The van der Waals surface area contributed by atoms with E-state index < -0.39 is 5.82 Å². The third-order valence-corrected chi connectivity index (χ3v) is 6.35. The Morgan fingerprint density at radius 2 is 2.21 bits per heavy atom. The predicted octanol–water partition coefficient (Wildman–Crippen LogP) is 4.99. The standard InChI is InChI=1S/C21H20ClFN2O3S/c1-13-8-9-15(22)20-19(13)24-21(29-20)25(11-14-5-4-10-27-14)18(26)12-28-17-7-3-2-6-16(17)23/h2-3,6-9,14H,4-5,10-12H2,1H3. The zero-order valence-corrected chi connectivity index (χ0v) is 17.4. The Balaban J connectivity index is 1.60. The van der Waals surface area contributed by atoms with E-state index in [0.717, 1.165) is 28.6 Å². The van der Waals surface area contributed by atoms with Crippen LogP contribution in [0, 0.1) is 12.7 Å². The van der Waals surface area contributed by atoms with Crippen LogP contribution in [0.3, 0.4) is 0 Å². The lowest BCUT2D eigenvalue weighted by Crippen LogP contribution is -2.40. The summed E-state index contributed by atoms with van der Waals surface area (Å²) in [5, 5.41) is 1.13. The first-order valence-corrected chi connectivity index (χ1v) is 10.6. The number of carbonyl (C=O) groups is 1. The zero-order chi connectivity index (χ0) is 20.4. The van der Waals surface area contributed by atoms with Gasteiger partial charge in [-0.05, 0) is 43.5 Å². The van der Waals surface area contributed by atoms with Gasteiger partial charge in [0.1, 0.15) is 0 Å². The van der Waals surface area contributed by atoms with Crippen LogP contribution in [-0.2, 0) is 9.53 Å². The third kappa shape index (κ3) is 4.37. The fraction of sp³-hybridized carbons (Fsp3) is 0.333. The van der Waals surface area contributed by atoms with Crippen molar-refractivity contribution in [1.29, 1.82) is 0 Å². The second-order valence-corrected chi connectivity index (χ2v) is 8.28. The van der Waals surface area contributed by atoms with Gasteiger partial charge in [0.15, 0.2) is 23.3 Å². The average Bonchev–Trinajstić information content (AvgIpc) is 3.38. The topological polar surface area (TPSA) is 51.7 Å². The van der Waals surface area contributed by atoms with Crippen LogP contribution in [0.1, 0.15) is 18.4 Å². The Morgan fingerprint density at radius 1 is 1.38 bits per heavy atom. The van der Waals surface area contributed by atoms with Gasteiger partial charge >= 0.3 is 0 Å². The summed E-state index contributed by atoms with van der Waals surface area (Å²) >= 11 is 7.69. The molecule has 29 heavy (non-hydrogen) atoms. The van der Waals surface area contributed by atoms with Gasteiger partial charge < -0.3 is 9.47 Å². The number of aryl methyl sites for hydroxylation is 1. The molecule has 3 aromatic rings. The molecule has 4 rings (SSSR count). The van der Waals surface area contributed by atoms with Crippen LogP contribution in [0.4, 0.5) is 9.52 Å². The minimum Gasteiger partial charge on any atom is -0.481 e. The van der Waals surface area contributed by atoms with E-state index in [1.54, 1.807) is 17.0 Å². The number of ether oxygens (including phenoxy) is 2. The number of thiazole rings is 1. The maximum atomic E-state index is 13.8. The normalized spacial score (nSPS) is 16.3. The van der Waals surface area contributed by atoms with Crippen molar-refractivity contribution >= 4 is 44.2 Å². The smallest absolute Gasteiger partial charge is 0.266 e. The number of amides is 1. The highest BCUT2D eigenvalue weighted by Crippen LogP contribution is 2.36. The number of para-hydroxylation sites is 1. The van der Waals surface area contributed by atoms with Crippen LogP contribution >= 0.6 is 22.9 Å². The van der Waals surface area contributed by atoms with E-state index in [1.165, 1.54) is 23.5 Å². The number of benzene rings is 2. The molecule has 0 spiro atoms. The van der Waals surface area contributed by atoms with E-state index in [1.807, 2.05) is 19.1 Å². The van der Waals surface area contributed by atoms with Gasteiger partial charge in [0.2, 0.25) is 0 Å². The molecule has 5 nitrogen and oxygen atoms in total. The zero-order valence-electron chi connectivity index (χ0n) is 15.9. The van der Waals surface area contributed by atoms with Gasteiger partial charge in [-0.25, -0.2) is 9.37 Å². The van der Waals surface area contributed by atoms with Crippen molar-refractivity contribution in [2.24, 2.45) is 0 Å². The van der Waals surface area contributed by atoms with E-state index >= 15 is 0 Å². The number of nitrogens with zero attached hydrogens (tertiary/aromatic N) is 2. The molecule has 1 amide bonds. The Kier molecular flexibility index (Phi) is 5.99.